The van der Waals surface area contributed by atoms with Crippen LogP contribution in [0.2, 0.25) is 0 Å². The van der Waals surface area contributed by atoms with Gasteiger partial charge in [0.25, 0.3) is 0 Å². The number of aromatic nitrogens is 3. The van der Waals surface area contributed by atoms with Gasteiger partial charge in [-0.05, 0) is 13.3 Å². The molecule has 104 valence electrons. The van der Waals surface area contributed by atoms with Crippen molar-refractivity contribution in [2.45, 2.75) is 45.6 Å². The third-order valence-corrected chi connectivity index (χ3v) is 3.15. The van der Waals surface area contributed by atoms with Gasteiger partial charge in [-0.15, -0.1) is 0 Å². The number of hydrogen-bond acceptors (Lipinski definition) is 5. The van der Waals surface area contributed by atoms with Gasteiger partial charge in [0.1, 0.15) is 0 Å². The van der Waals surface area contributed by atoms with Crippen molar-refractivity contribution in [3.05, 3.63) is 18.6 Å². The Kier molecular flexibility index (Phi) is 4.57. The number of imidazole rings is 1. The molecule has 2 rings (SSSR count). The average molecular weight is 262 g/mol. The van der Waals surface area contributed by atoms with E-state index in [9.17, 15) is 0 Å². The van der Waals surface area contributed by atoms with Crippen LogP contribution < -0.4 is 16.6 Å². The summed E-state index contributed by atoms with van der Waals surface area (Å²) < 4.78 is 1.91. The zero-order chi connectivity index (χ0) is 13.7. The summed E-state index contributed by atoms with van der Waals surface area (Å²) in [6, 6.07) is 0.368. The van der Waals surface area contributed by atoms with Crippen molar-refractivity contribution in [2.24, 2.45) is 5.84 Å². The number of nitrogens with two attached hydrogens (primary N) is 1. The second-order valence-corrected chi connectivity index (χ2v) is 4.82. The lowest BCUT2D eigenvalue weighted by Crippen LogP contribution is -2.18. The molecule has 0 amide bonds. The first-order chi connectivity index (χ1) is 9.24. The molecule has 4 N–H and O–H groups in total. The molecule has 0 fully saturated rings. The maximum atomic E-state index is 5.43. The molecule has 0 radical (unpaired) electrons. The fourth-order valence-electron chi connectivity index (χ4n) is 2.10. The minimum Gasteiger partial charge on any atom is -0.364 e. The minimum absolute atomic E-state index is 0.368. The van der Waals surface area contributed by atoms with Crippen LogP contribution in [0.1, 0.15) is 39.5 Å². The summed E-state index contributed by atoms with van der Waals surface area (Å²) in [7, 11) is 0. The van der Waals surface area contributed by atoms with Crippen molar-refractivity contribution in [3.8, 4) is 0 Å². The molecular weight excluding hydrogens is 240 g/mol. The standard InChI is InChI=1S/C13H22N6/c1-3-4-5-6-10(2)16-12-13-15-7-8-19(13)9-11(17-12)18-14/h7-10,18H,3-6,14H2,1-2H3,(H,16,17). The summed E-state index contributed by atoms with van der Waals surface area (Å²) in [5.41, 5.74) is 3.40. The Morgan fingerprint density at radius 2 is 2.26 bits per heavy atom. The highest BCUT2D eigenvalue weighted by Crippen LogP contribution is 2.18. The molecule has 2 aromatic heterocycles. The van der Waals surface area contributed by atoms with Gasteiger partial charge in [-0.3, -0.25) is 0 Å². The normalized spacial score (nSPS) is 12.6. The largest absolute Gasteiger partial charge is 0.364 e. The van der Waals surface area contributed by atoms with Crippen molar-refractivity contribution in [3.63, 3.8) is 0 Å². The number of hydrazine groups is 1. The van der Waals surface area contributed by atoms with E-state index in [-0.39, 0.29) is 0 Å². The third kappa shape index (κ3) is 3.35. The average Bonchev–Trinajstić information content (AvgIpc) is 2.87. The second kappa shape index (κ2) is 6.38. The summed E-state index contributed by atoms with van der Waals surface area (Å²) >= 11 is 0. The van der Waals surface area contributed by atoms with Gasteiger partial charge in [-0.2, -0.15) is 0 Å². The lowest BCUT2D eigenvalue weighted by Gasteiger charge is -2.15. The van der Waals surface area contributed by atoms with Crippen LogP contribution in [0.5, 0.6) is 0 Å². The number of nitrogen functional groups attached to an aromatic ring is 1. The quantitative estimate of drug-likeness (QED) is 0.405. The Morgan fingerprint density at radius 1 is 1.42 bits per heavy atom. The van der Waals surface area contributed by atoms with Crippen LogP contribution in [-0.4, -0.2) is 20.4 Å². The van der Waals surface area contributed by atoms with Gasteiger partial charge < -0.3 is 15.1 Å². The molecule has 19 heavy (non-hydrogen) atoms. The van der Waals surface area contributed by atoms with Gasteiger partial charge >= 0.3 is 0 Å². The molecular formula is C13H22N6. The van der Waals surface area contributed by atoms with Crippen LogP contribution >= 0.6 is 0 Å². The maximum absolute atomic E-state index is 5.43. The van der Waals surface area contributed by atoms with E-state index in [2.05, 4.69) is 34.6 Å². The molecule has 2 heterocycles. The SMILES string of the molecule is CCCCCC(C)Nc1nc(NN)cn2ccnc12. The van der Waals surface area contributed by atoms with Crippen molar-refractivity contribution in [1.82, 2.24) is 14.4 Å². The monoisotopic (exact) mass is 262 g/mol. The van der Waals surface area contributed by atoms with Gasteiger partial charge in [-0.25, -0.2) is 15.8 Å². The molecule has 1 unspecified atom stereocenters. The Hall–Kier alpha value is -1.82. The molecule has 0 spiro atoms. The number of anilines is 2. The van der Waals surface area contributed by atoms with Crippen molar-refractivity contribution < 1.29 is 0 Å². The van der Waals surface area contributed by atoms with E-state index < -0.39 is 0 Å². The predicted octanol–water partition coefficient (Wildman–Crippen LogP) is 2.40. The van der Waals surface area contributed by atoms with E-state index in [0.29, 0.717) is 11.9 Å². The van der Waals surface area contributed by atoms with Crippen LogP contribution in [0, 0.1) is 0 Å². The van der Waals surface area contributed by atoms with Crippen LogP contribution in [0.3, 0.4) is 0 Å². The summed E-state index contributed by atoms with van der Waals surface area (Å²) in [5.74, 6) is 6.82. The van der Waals surface area contributed by atoms with Crippen LogP contribution in [0.25, 0.3) is 5.65 Å². The molecule has 2 aromatic rings. The molecule has 0 saturated heterocycles. The number of nitrogens with zero attached hydrogens (tertiary/aromatic N) is 3. The summed E-state index contributed by atoms with van der Waals surface area (Å²) in [6.45, 7) is 4.38. The van der Waals surface area contributed by atoms with E-state index in [0.717, 1.165) is 17.9 Å². The number of rotatable bonds is 7. The fourth-order valence-corrected chi connectivity index (χ4v) is 2.10. The first-order valence-electron chi connectivity index (χ1n) is 6.81. The molecule has 0 aliphatic carbocycles. The van der Waals surface area contributed by atoms with Crippen LogP contribution in [-0.2, 0) is 0 Å². The van der Waals surface area contributed by atoms with Gasteiger partial charge in [0.15, 0.2) is 17.3 Å². The van der Waals surface area contributed by atoms with Crippen molar-refractivity contribution in [1.29, 1.82) is 0 Å². The number of hydrogen-bond donors (Lipinski definition) is 3. The number of fused-ring (bicyclic) bond motifs is 1. The highest BCUT2D eigenvalue weighted by Gasteiger charge is 2.09. The summed E-state index contributed by atoms with van der Waals surface area (Å²) in [5, 5.41) is 3.41. The topological polar surface area (TPSA) is 80.3 Å². The van der Waals surface area contributed by atoms with Gasteiger partial charge in [0.05, 0.1) is 6.20 Å². The van der Waals surface area contributed by atoms with Gasteiger partial charge in [0, 0.05) is 18.4 Å². The highest BCUT2D eigenvalue weighted by atomic mass is 15.3. The van der Waals surface area contributed by atoms with Crippen molar-refractivity contribution >= 4 is 17.3 Å². The predicted molar refractivity (Wildman–Crippen MR) is 78.0 cm³/mol. The first kappa shape index (κ1) is 13.6. The van der Waals surface area contributed by atoms with E-state index >= 15 is 0 Å². The third-order valence-electron chi connectivity index (χ3n) is 3.15. The number of unbranched alkanes of at least 4 members (excludes halogenated alkanes) is 2. The minimum atomic E-state index is 0.368. The molecule has 0 aliphatic heterocycles. The van der Waals surface area contributed by atoms with Crippen LogP contribution in [0.15, 0.2) is 18.6 Å². The van der Waals surface area contributed by atoms with Gasteiger partial charge in [0.2, 0.25) is 0 Å². The second-order valence-electron chi connectivity index (χ2n) is 4.82. The lowest BCUT2D eigenvalue weighted by molar-refractivity contribution is 0.614. The molecule has 0 aromatic carbocycles. The Morgan fingerprint density at radius 3 is 3.00 bits per heavy atom. The first-order valence-corrected chi connectivity index (χ1v) is 6.81. The molecule has 0 aliphatic rings. The van der Waals surface area contributed by atoms with Crippen LogP contribution in [0.4, 0.5) is 11.6 Å². The smallest absolute Gasteiger partial charge is 0.180 e. The molecule has 0 saturated carbocycles. The maximum Gasteiger partial charge on any atom is 0.180 e. The van der Waals surface area contributed by atoms with Gasteiger partial charge in [-0.1, -0.05) is 26.2 Å². The lowest BCUT2D eigenvalue weighted by atomic mass is 10.1. The Balaban J connectivity index is 2.12. The summed E-state index contributed by atoms with van der Waals surface area (Å²) in [6.07, 6.45) is 10.3. The Labute approximate surface area is 113 Å². The molecule has 0 bridgehead atoms. The number of nitrogens with one attached hydrogen (secondary N) is 2. The Bertz CT molecular complexity index is 521. The zero-order valence-corrected chi connectivity index (χ0v) is 11.6. The summed E-state index contributed by atoms with van der Waals surface area (Å²) in [4.78, 5) is 8.74. The fraction of sp³-hybridized carbons (Fsp3) is 0.538. The van der Waals surface area contributed by atoms with Crippen molar-refractivity contribution in [2.75, 3.05) is 10.7 Å². The van der Waals surface area contributed by atoms with E-state index in [1.54, 1.807) is 6.20 Å². The highest BCUT2D eigenvalue weighted by molar-refractivity contribution is 5.65. The molecule has 6 heteroatoms. The molecule has 1 atom stereocenters. The van der Waals surface area contributed by atoms with E-state index in [1.165, 1.54) is 19.3 Å². The van der Waals surface area contributed by atoms with E-state index in [4.69, 9.17) is 5.84 Å². The molecule has 6 nitrogen and oxygen atoms in total. The zero-order valence-electron chi connectivity index (χ0n) is 11.6. The van der Waals surface area contributed by atoms with E-state index in [1.807, 2.05) is 16.8 Å².